The number of hydrogen-bond donors (Lipinski definition) is 1. The van der Waals surface area contributed by atoms with Gasteiger partial charge in [-0.2, -0.15) is 0 Å². The van der Waals surface area contributed by atoms with Gasteiger partial charge in [-0.25, -0.2) is 9.07 Å². The standard InChI is InChI=1S/C13H18FN5/c1-3-4-5-9(2)19-13(16-17-18-19)10-6-11(14)8-12(15)7-10/h6-9H,3-5,15H2,1-2H3. The fourth-order valence-corrected chi connectivity index (χ4v) is 2.04. The highest BCUT2D eigenvalue weighted by molar-refractivity contribution is 5.61. The van der Waals surface area contributed by atoms with Gasteiger partial charge in [-0.1, -0.05) is 19.8 Å². The molecule has 0 saturated heterocycles. The molecular weight excluding hydrogens is 245 g/mol. The number of nitrogens with zero attached hydrogens (tertiary/aromatic N) is 4. The molecule has 1 aromatic heterocycles. The molecule has 1 unspecified atom stereocenters. The molecule has 1 heterocycles. The molecule has 0 aliphatic rings. The van der Waals surface area contributed by atoms with E-state index in [0.717, 1.165) is 19.3 Å². The molecule has 0 fully saturated rings. The minimum atomic E-state index is -0.384. The molecular formula is C13H18FN5. The number of tetrazole rings is 1. The summed E-state index contributed by atoms with van der Waals surface area (Å²) in [6.07, 6.45) is 3.21. The first-order chi connectivity index (χ1) is 9.11. The monoisotopic (exact) mass is 263 g/mol. The maximum absolute atomic E-state index is 13.4. The van der Waals surface area contributed by atoms with Crippen molar-refractivity contribution in [3.63, 3.8) is 0 Å². The summed E-state index contributed by atoms with van der Waals surface area (Å²) >= 11 is 0. The zero-order valence-electron chi connectivity index (χ0n) is 11.2. The molecule has 0 radical (unpaired) electrons. The van der Waals surface area contributed by atoms with Crippen LogP contribution in [0.15, 0.2) is 18.2 Å². The van der Waals surface area contributed by atoms with Crippen molar-refractivity contribution in [2.24, 2.45) is 0 Å². The molecule has 1 atom stereocenters. The lowest BCUT2D eigenvalue weighted by Crippen LogP contribution is -2.09. The number of unbranched alkanes of at least 4 members (excludes halogenated alkanes) is 1. The third-order valence-corrected chi connectivity index (χ3v) is 3.06. The molecule has 2 aromatic rings. The van der Waals surface area contributed by atoms with Crippen LogP contribution in [0.2, 0.25) is 0 Å². The Morgan fingerprint density at radius 2 is 2.16 bits per heavy atom. The number of nitrogen functional groups attached to an aromatic ring is 1. The van der Waals surface area contributed by atoms with Crippen LogP contribution in [0.4, 0.5) is 10.1 Å². The highest BCUT2D eigenvalue weighted by Gasteiger charge is 2.15. The SMILES string of the molecule is CCCCC(C)n1nnnc1-c1cc(N)cc(F)c1. The molecule has 0 amide bonds. The van der Waals surface area contributed by atoms with E-state index in [1.165, 1.54) is 12.1 Å². The first-order valence-corrected chi connectivity index (χ1v) is 6.46. The van der Waals surface area contributed by atoms with E-state index in [1.54, 1.807) is 10.7 Å². The molecule has 0 aliphatic carbocycles. The lowest BCUT2D eigenvalue weighted by atomic mass is 10.1. The summed E-state index contributed by atoms with van der Waals surface area (Å²) in [7, 11) is 0. The van der Waals surface area contributed by atoms with Crippen LogP contribution in [0.1, 0.15) is 39.2 Å². The van der Waals surface area contributed by atoms with Crippen molar-refractivity contribution in [3.05, 3.63) is 24.0 Å². The van der Waals surface area contributed by atoms with Crippen LogP contribution >= 0.6 is 0 Å². The summed E-state index contributed by atoms with van der Waals surface area (Å²) in [5.74, 6) is 0.167. The maximum Gasteiger partial charge on any atom is 0.182 e. The fraction of sp³-hybridized carbons (Fsp3) is 0.462. The van der Waals surface area contributed by atoms with Crippen LogP contribution in [-0.4, -0.2) is 20.2 Å². The Balaban J connectivity index is 2.32. The predicted molar refractivity (Wildman–Crippen MR) is 71.9 cm³/mol. The fourth-order valence-electron chi connectivity index (χ4n) is 2.04. The van der Waals surface area contributed by atoms with Crippen molar-refractivity contribution in [3.8, 4) is 11.4 Å². The van der Waals surface area contributed by atoms with Crippen LogP contribution in [-0.2, 0) is 0 Å². The number of anilines is 1. The minimum absolute atomic E-state index is 0.175. The van der Waals surface area contributed by atoms with E-state index in [1.807, 2.05) is 0 Å². The molecule has 2 rings (SSSR count). The van der Waals surface area contributed by atoms with E-state index in [9.17, 15) is 4.39 Å². The number of nitrogens with two attached hydrogens (primary N) is 1. The molecule has 1 aromatic carbocycles. The first kappa shape index (κ1) is 13.5. The molecule has 0 aliphatic heterocycles. The Bertz CT molecular complexity index is 531. The predicted octanol–water partition coefficient (Wildman–Crippen LogP) is 2.81. The minimum Gasteiger partial charge on any atom is -0.399 e. The molecule has 2 N–H and O–H groups in total. The van der Waals surface area contributed by atoms with Gasteiger partial charge in [-0.15, -0.1) is 5.10 Å². The zero-order valence-corrected chi connectivity index (χ0v) is 11.2. The van der Waals surface area contributed by atoms with Crippen molar-refractivity contribution in [1.82, 2.24) is 20.2 Å². The Morgan fingerprint density at radius 1 is 1.37 bits per heavy atom. The van der Waals surface area contributed by atoms with Crippen molar-refractivity contribution in [1.29, 1.82) is 0 Å². The average molecular weight is 263 g/mol. The van der Waals surface area contributed by atoms with Gasteiger partial charge in [0.1, 0.15) is 5.82 Å². The van der Waals surface area contributed by atoms with Gasteiger partial charge in [0.15, 0.2) is 5.82 Å². The summed E-state index contributed by atoms with van der Waals surface area (Å²) in [5.41, 5.74) is 6.62. The molecule has 102 valence electrons. The van der Waals surface area contributed by atoms with Crippen molar-refractivity contribution in [2.75, 3.05) is 5.73 Å². The Labute approximate surface area is 111 Å². The summed E-state index contributed by atoms with van der Waals surface area (Å²) in [6.45, 7) is 4.19. The zero-order chi connectivity index (χ0) is 13.8. The van der Waals surface area contributed by atoms with Gasteiger partial charge < -0.3 is 5.73 Å². The third-order valence-electron chi connectivity index (χ3n) is 3.06. The second-order valence-electron chi connectivity index (χ2n) is 4.71. The number of rotatable bonds is 5. The van der Waals surface area contributed by atoms with E-state index < -0.39 is 0 Å². The normalized spacial score (nSPS) is 12.6. The molecule has 19 heavy (non-hydrogen) atoms. The van der Waals surface area contributed by atoms with Crippen LogP contribution in [0.3, 0.4) is 0 Å². The molecule has 6 heteroatoms. The smallest absolute Gasteiger partial charge is 0.182 e. The first-order valence-electron chi connectivity index (χ1n) is 6.46. The second kappa shape index (κ2) is 5.77. The van der Waals surface area contributed by atoms with E-state index >= 15 is 0 Å². The van der Waals surface area contributed by atoms with Gasteiger partial charge >= 0.3 is 0 Å². The Kier molecular flexibility index (Phi) is 4.09. The van der Waals surface area contributed by atoms with E-state index in [-0.39, 0.29) is 11.9 Å². The van der Waals surface area contributed by atoms with Crippen LogP contribution in [0.5, 0.6) is 0 Å². The Morgan fingerprint density at radius 3 is 2.84 bits per heavy atom. The largest absolute Gasteiger partial charge is 0.399 e. The second-order valence-corrected chi connectivity index (χ2v) is 4.71. The molecule has 0 saturated carbocycles. The number of aromatic nitrogens is 4. The quantitative estimate of drug-likeness (QED) is 0.842. The van der Waals surface area contributed by atoms with Gasteiger partial charge in [0, 0.05) is 11.3 Å². The van der Waals surface area contributed by atoms with Crippen molar-refractivity contribution in [2.45, 2.75) is 39.2 Å². The number of halogens is 1. The van der Waals surface area contributed by atoms with Gasteiger partial charge in [0.05, 0.1) is 6.04 Å². The summed E-state index contributed by atoms with van der Waals surface area (Å²) in [6, 6.07) is 4.52. The van der Waals surface area contributed by atoms with E-state index in [0.29, 0.717) is 17.1 Å². The maximum atomic E-state index is 13.4. The van der Waals surface area contributed by atoms with Crippen molar-refractivity contribution < 1.29 is 4.39 Å². The lowest BCUT2D eigenvalue weighted by Gasteiger charge is -2.13. The lowest BCUT2D eigenvalue weighted by molar-refractivity contribution is 0.437. The average Bonchev–Trinajstić information content (AvgIpc) is 2.84. The van der Waals surface area contributed by atoms with Crippen LogP contribution < -0.4 is 5.73 Å². The number of hydrogen-bond acceptors (Lipinski definition) is 4. The van der Waals surface area contributed by atoms with Gasteiger partial charge in [-0.05, 0) is 42.0 Å². The summed E-state index contributed by atoms with van der Waals surface area (Å²) in [5, 5.41) is 11.7. The molecule has 5 nitrogen and oxygen atoms in total. The highest BCUT2D eigenvalue weighted by Crippen LogP contribution is 2.24. The van der Waals surface area contributed by atoms with Gasteiger partial charge in [0.25, 0.3) is 0 Å². The Hall–Kier alpha value is -1.98. The van der Waals surface area contributed by atoms with Crippen LogP contribution in [0, 0.1) is 5.82 Å². The van der Waals surface area contributed by atoms with Gasteiger partial charge in [-0.3, -0.25) is 0 Å². The van der Waals surface area contributed by atoms with E-state index in [2.05, 4.69) is 29.4 Å². The summed E-state index contributed by atoms with van der Waals surface area (Å²) in [4.78, 5) is 0. The van der Waals surface area contributed by atoms with Crippen LogP contribution in [0.25, 0.3) is 11.4 Å². The summed E-state index contributed by atoms with van der Waals surface area (Å²) < 4.78 is 15.1. The highest BCUT2D eigenvalue weighted by atomic mass is 19.1. The molecule has 0 spiro atoms. The third kappa shape index (κ3) is 3.07. The number of benzene rings is 1. The molecule has 0 bridgehead atoms. The van der Waals surface area contributed by atoms with Crippen molar-refractivity contribution >= 4 is 5.69 Å². The topological polar surface area (TPSA) is 69.6 Å². The van der Waals surface area contributed by atoms with Gasteiger partial charge in [0.2, 0.25) is 0 Å². The van der Waals surface area contributed by atoms with E-state index in [4.69, 9.17) is 5.73 Å².